The van der Waals surface area contributed by atoms with Gasteiger partial charge < -0.3 is 14.8 Å². The molecule has 138 valence electrons. The van der Waals surface area contributed by atoms with Crippen molar-refractivity contribution in [3.8, 4) is 5.75 Å². The quantitative estimate of drug-likeness (QED) is 0.668. The van der Waals surface area contributed by atoms with Crippen molar-refractivity contribution in [3.63, 3.8) is 0 Å². The number of rotatable bonds is 5. The molecule has 8 heteroatoms. The summed E-state index contributed by atoms with van der Waals surface area (Å²) >= 11 is 0. The van der Waals surface area contributed by atoms with Crippen LogP contribution in [0.15, 0.2) is 53.3 Å². The van der Waals surface area contributed by atoms with E-state index in [1.165, 1.54) is 14.0 Å². The smallest absolute Gasteiger partial charge is 0.360 e. The van der Waals surface area contributed by atoms with Gasteiger partial charge in [-0.2, -0.15) is 5.10 Å². The lowest BCUT2D eigenvalue weighted by molar-refractivity contribution is -0.123. The van der Waals surface area contributed by atoms with E-state index in [-0.39, 0.29) is 5.69 Å². The molecule has 1 amide bonds. The number of anilines is 1. The summed E-state index contributed by atoms with van der Waals surface area (Å²) in [6, 6.07) is 13.4. The molecule has 0 bridgehead atoms. The van der Waals surface area contributed by atoms with E-state index >= 15 is 0 Å². The maximum absolute atomic E-state index is 12.4. The molecule has 0 spiro atoms. The first-order chi connectivity index (χ1) is 13.0. The Balaban J connectivity index is 1.77. The van der Waals surface area contributed by atoms with E-state index in [2.05, 4.69) is 15.5 Å². The number of para-hydroxylation sites is 2. The highest BCUT2D eigenvalue weighted by Crippen LogP contribution is 2.23. The molecule has 0 fully saturated rings. The van der Waals surface area contributed by atoms with Gasteiger partial charge in [-0.1, -0.05) is 30.3 Å². The Labute approximate surface area is 154 Å². The first-order valence-electron chi connectivity index (χ1n) is 8.13. The fraction of sp³-hybridized carbons (Fsp3) is 0.158. The molecule has 0 saturated heterocycles. The van der Waals surface area contributed by atoms with Gasteiger partial charge in [0.1, 0.15) is 5.75 Å². The van der Waals surface area contributed by atoms with Gasteiger partial charge in [0.25, 0.3) is 11.5 Å². The van der Waals surface area contributed by atoms with Gasteiger partial charge in [0, 0.05) is 5.39 Å². The number of hydrogen-bond donors (Lipinski definition) is 2. The number of ether oxygens (including phenoxy) is 2. The minimum absolute atomic E-state index is 0.0675. The Morgan fingerprint density at radius 1 is 1.07 bits per heavy atom. The van der Waals surface area contributed by atoms with Crippen LogP contribution in [0.2, 0.25) is 0 Å². The van der Waals surface area contributed by atoms with Crippen LogP contribution in [0, 0.1) is 0 Å². The van der Waals surface area contributed by atoms with Crippen LogP contribution in [0.3, 0.4) is 0 Å². The summed E-state index contributed by atoms with van der Waals surface area (Å²) in [5.41, 5.74) is -0.0215. The summed E-state index contributed by atoms with van der Waals surface area (Å²) in [6.45, 7) is 1.44. The first-order valence-corrected chi connectivity index (χ1v) is 8.13. The van der Waals surface area contributed by atoms with Gasteiger partial charge in [-0.3, -0.25) is 9.59 Å². The van der Waals surface area contributed by atoms with Crippen LogP contribution in [0.1, 0.15) is 17.4 Å². The molecule has 2 N–H and O–H groups in total. The third-order valence-electron chi connectivity index (χ3n) is 3.91. The van der Waals surface area contributed by atoms with E-state index in [0.29, 0.717) is 22.2 Å². The summed E-state index contributed by atoms with van der Waals surface area (Å²) < 4.78 is 10.4. The Morgan fingerprint density at radius 3 is 2.48 bits per heavy atom. The van der Waals surface area contributed by atoms with Crippen LogP contribution in [-0.4, -0.2) is 35.3 Å². The molecule has 1 heterocycles. The molecule has 27 heavy (non-hydrogen) atoms. The number of methoxy groups -OCH3 is 1. The van der Waals surface area contributed by atoms with Crippen LogP contribution in [0.5, 0.6) is 5.75 Å². The Hall–Kier alpha value is -3.68. The number of nitrogens with zero attached hydrogens (tertiary/aromatic N) is 1. The van der Waals surface area contributed by atoms with Gasteiger partial charge in [-0.15, -0.1) is 0 Å². The molecule has 8 nitrogen and oxygen atoms in total. The summed E-state index contributed by atoms with van der Waals surface area (Å²) in [6.07, 6.45) is -1.09. The van der Waals surface area contributed by atoms with E-state index in [1.54, 1.807) is 48.5 Å². The number of nitrogens with one attached hydrogen (secondary N) is 2. The average Bonchev–Trinajstić information content (AvgIpc) is 2.68. The number of esters is 1. The fourth-order valence-electron chi connectivity index (χ4n) is 2.52. The number of benzene rings is 2. The molecular formula is C19H17N3O5. The first kappa shape index (κ1) is 18.1. The second kappa shape index (κ2) is 7.69. The van der Waals surface area contributed by atoms with Crippen molar-refractivity contribution in [2.45, 2.75) is 13.0 Å². The van der Waals surface area contributed by atoms with Crippen molar-refractivity contribution in [2.75, 3.05) is 12.4 Å². The standard InChI is InChI=1S/C19H17N3O5/c1-11(17(23)20-14-9-5-6-10-15(14)26-2)27-19(25)16-12-7-3-4-8-13(12)18(24)22-21-16/h3-11H,1-2H3,(H,20,23)(H,22,24)/t11-/m0/s1. The Morgan fingerprint density at radius 2 is 1.74 bits per heavy atom. The molecule has 0 aliphatic rings. The molecule has 0 unspecified atom stereocenters. The molecule has 2 aromatic carbocycles. The summed E-state index contributed by atoms with van der Waals surface area (Å²) in [5.74, 6) is -0.857. The van der Waals surface area contributed by atoms with Crippen LogP contribution in [0.4, 0.5) is 5.69 Å². The number of aromatic amines is 1. The number of aromatic nitrogens is 2. The molecule has 0 saturated carbocycles. The zero-order chi connectivity index (χ0) is 19.4. The van der Waals surface area contributed by atoms with E-state index in [9.17, 15) is 14.4 Å². The minimum Gasteiger partial charge on any atom is -0.495 e. The highest BCUT2D eigenvalue weighted by molar-refractivity contribution is 6.03. The van der Waals surface area contributed by atoms with Gasteiger partial charge in [0.2, 0.25) is 0 Å². The van der Waals surface area contributed by atoms with Gasteiger partial charge in [-0.05, 0) is 25.1 Å². The van der Waals surface area contributed by atoms with Gasteiger partial charge in [0.05, 0.1) is 18.2 Å². The third-order valence-corrected chi connectivity index (χ3v) is 3.91. The van der Waals surface area contributed by atoms with Crippen LogP contribution >= 0.6 is 0 Å². The topological polar surface area (TPSA) is 110 Å². The second-order valence-corrected chi connectivity index (χ2v) is 5.68. The van der Waals surface area contributed by atoms with E-state index in [4.69, 9.17) is 9.47 Å². The van der Waals surface area contributed by atoms with Crippen molar-refractivity contribution >= 4 is 28.3 Å². The molecule has 0 radical (unpaired) electrons. The zero-order valence-electron chi connectivity index (χ0n) is 14.7. The number of H-pyrrole nitrogens is 1. The predicted octanol–water partition coefficient (Wildman–Crippen LogP) is 2.12. The average molecular weight is 367 g/mol. The molecule has 3 rings (SSSR count). The fourth-order valence-corrected chi connectivity index (χ4v) is 2.52. The second-order valence-electron chi connectivity index (χ2n) is 5.68. The van der Waals surface area contributed by atoms with E-state index in [1.807, 2.05) is 0 Å². The molecule has 0 aliphatic carbocycles. The minimum atomic E-state index is -1.09. The van der Waals surface area contributed by atoms with Crippen molar-refractivity contribution < 1.29 is 19.1 Å². The van der Waals surface area contributed by atoms with E-state index in [0.717, 1.165) is 0 Å². The van der Waals surface area contributed by atoms with Crippen LogP contribution in [-0.2, 0) is 9.53 Å². The number of carbonyl (C=O) groups excluding carboxylic acids is 2. The number of fused-ring (bicyclic) bond motifs is 1. The van der Waals surface area contributed by atoms with Gasteiger partial charge >= 0.3 is 5.97 Å². The highest BCUT2D eigenvalue weighted by Gasteiger charge is 2.23. The maximum atomic E-state index is 12.4. The summed E-state index contributed by atoms with van der Waals surface area (Å²) in [7, 11) is 1.49. The molecule has 1 atom stereocenters. The zero-order valence-corrected chi connectivity index (χ0v) is 14.7. The van der Waals surface area contributed by atoms with Crippen molar-refractivity contribution in [2.24, 2.45) is 0 Å². The predicted molar refractivity (Wildman–Crippen MR) is 98.9 cm³/mol. The van der Waals surface area contributed by atoms with Gasteiger partial charge in [-0.25, -0.2) is 9.89 Å². The Kier molecular flexibility index (Phi) is 5.16. The largest absolute Gasteiger partial charge is 0.495 e. The molecule has 3 aromatic rings. The number of hydrogen-bond acceptors (Lipinski definition) is 6. The van der Waals surface area contributed by atoms with Crippen molar-refractivity contribution in [1.82, 2.24) is 10.2 Å². The van der Waals surface area contributed by atoms with Crippen LogP contribution in [0.25, 0.3) is 10.8 Å². The molecule has 0 aliphatic heterocycles. The highest BCUT2D eigenvalue weighted by atomic mass is 16.5. The van der Waals surface area contributed by atoms with E-state index < -0.39 is 23.5 Å². The monoisotopic (exact) mass is 367 g/mol. The van der Waals surface area contributed by atoms with Crippen molar-refractivity contribution in [3.05, 3.63) is 64.6 Å². The molecular weight excluding hydrogens is 350 g/mol. The lowest BCUT2D eigenvalue weighted by atomic mass is 10.1. The number of carbonyl (C=O) groups is 2. The van der Waals surface area contributed by atoms with Crippen molar-refractivity contribution in [1.29, 1.82) is 0 Å². The lowest BCUT2D eigenvalue weighted by Gasteiger charge is -2.15. The normalized spacial score (nSPS) is 11.6. The summed E-state index contributed by atoms with van der Waals surface area (Å²) in [4.78, 5) is 36.6. The lowest BCUT2D eigenvalue weighted by Crippen LogP contribution is -2.30. The third kappa shape index (κ3) is 3.79. The maximum Gasteiger partial charge on any atom is 0.360 e. The van der Waals surface area contributed by atoms with Crippen LogP contribution < -0.4 is 15.6 Å². The van der Waals surface area contributed by atoms with Gasteiger partial charge in [0.15, 0.2) is 11.8 Å². The molecule has 1 aromatic heterocycles. The SMILES string of the molecule is COc1ccccc1NC(=O)[C@H](C)OC(=O)c1n[nH]c(=O)c2ccccc12. The summed E-state index contributed by atoms with van der Waals surface area (Å²) in [5, 5.41) is 9.33. The number of amides is 1. The Bertz CT molecular complexity index is 1060.